The molecule has 1 amide bonds. The van der Waals surface area contributed by atoms with Crippen molar-refractivity contribution in [3.05, 3.63) is 46.0 Å². The number of nitrogens with zero attached hydrogens (tertiary/aromatic N) is 3. The molecule has 0 aliphatic heterocycles. The number of aromatic nitrogens is 3. The van der Waals surface area contributed by atoms with Crippen LogP contribution in [0.4, 0.5) is 5.69 Å². The van der Waals surface area contributed by atoms with Gasteiger partial charge in [-0.3, -0.25) is 9.78 Å². The second-order valence-corrected chi connectivity index (χ2v) is 4.26. The van der Waals surface area contributed by atoms with Crippen molar-refractivity contribution in [1.82, 2.24) is 15.2 Å². The summed E-state index contributed by atoms with van der Waals surface area (Å²) in [5, 5.41) is 9.89. The van der Waals surface area contributed by atoms with Gasteiger partial charge >= 0.3 is 0 Å². The van der Waals surface area contributed by atoms with E-state index in [-0.39, 0.29) is 15.9 Å². The molecule has 2 aromatic rings. The molecule has 0 bridgehead atoms. The molecule has 0 saturated heterocycles. The first-order valence-corrected chi connectivity index (χ1v) is 5.74. The van der Waals surface area contributed by atoms with Gasteiger partial charge in [-0.05, 0) is 25.1 Å². The number of aryl methyl sites for hydroxylation is 1. The van der Waals surface area contributed by atoms with Gasteiger partial charge in [0.05, 0.1) is 5.56 Å². The van der Waals surface area contributed by atoms with Gasteiger partial charge in [-0.15, -0.1) is 10.2 Å². The normalized spacial score (nSPS) is 10.2. The molecule has 1 N–H and O–H groups in total. The number of pyridine rings is 1. The molecule has 7 heteroatoms. The summed E-state index contributed by atoms with van der Waals surface area (Å²) in [4.78, 5) is 16.0. The van der Waals surface area contributed by atoms with Gasteiger partial charge in [-0.2, -0.15) is 0 Å². The van der Waals surface area contributed by atoms with Crippen molar-refractivity contribution >= 4 is 34.8 Å². The molecule has 0 radical (unpaired) electrons. The van der Waals surface area contributed by atoms with E-state index in [2.05, 4.69) is 20.5 Å². The zero-order valence-corrected chi connectivity index (χ0v) is 10.8. The summed E-state index contributed by atoms with van der Waals surface area (Å²) in [6, 6.07) is 4.78. The molecule has 18 heavy (non-hydrogen) atoms. The number of hydrogen-bond donors (Lipinski definition) is 1. The molecule has 0 fully saturated rings. The molecule has 0 aromatic carbocycles. The Bertz CT molecular complexity index is 603. The molecule has 0 aliphatic rings. The molecule has 2 heterocycles. The van der Waals surface area contributed by atoms with Crippen LogP contribution in [0.25, 0.3) is 0 Å². The van der Waals surface area contributed by atoms with E-state index in [1.807, 2.05) is 6.92 Å². The van der Waals surface area contributed by atoms with Gasteiger partial charge < -0.3 is 5.32 Å². The smallest absolute Gasteiger partial charge is 0.258 e. The topological polar surface area (TPSA) is 67.8 Å². The molecular weight excluding hydrogens is 275 g/mol. The van der Waals surface area contributed by atoms with Crippen LogP contribution in [-0.4, -0.2) is 21.1 Å². The molecule has 2 rings (SSSR count). The third-order valence-electron chi connectivity index (χ3n) is 2.12. The predicted molar refractivity (Wildman–Crippen MR) is 69.0 cm³/mol. The molecule has 92 valence electrons. The number of halogens is 2. The summed E-state index contributed by atoms with van der Waals surface area (Å²) in [6.45, 7) is 1.83. The maximum Gasteiger partial charge on any atom is 0.258 e. The second kappa shape index (κ2) is 5.29. The minimum Gasteiger partial charge on any atom is -0.322 e. The molecule has 2 aromatic heterocycles. The van der Waals surface area contributed by atoms with Gasteiger partial charge in [-0.25, -0.2) is 0 Å². The number of hydrogen-bond acceptors (Lipinski definition) is 4. The summed E-state index contributed by atoms with van der Waals surface area (Å²) in [5.41, 5.74) is 1.59. The molecular formula is C11H8Cl2N4O. The van der Waals surface area contributed by atoms with Crippen LogP contribution < -0.4 is 5.32 Å². The zero-order valence-electron chi connectivity index (χ0n) is 9.32. The number of nitrogens with one attached hydrogen (secondary N) is 1. The molecule has 0 unspecified atom stereocenters. The fourth-order valence-corrected chi connectivity index (χ4v) is 1.66. The van der Waals surface area contributed by atoms with E-state index in [1.54, 1.807) is 18.3 Å². The standard InChI is InChI=1S/C11H8Cl2N4O/c1-6-4-7(2-3-14-6)15-11(18)8-5-9(12)16-17-10(8)13/h2-5H,1H3,(H,14,15,18). The van der Waals surface area contributed by atoms with Gasteiger partial charge in [0.15, 0.2) is 10.3 Å². The summed E-state index contributed by atoms with van der Waals surface area (Å²) < 4.78 is 0. The molecule has 0 saturated carbocycles. The molecule has 0 spiro atoms. The Morgan fingerprint density at radius 2 is 2.06 bits per heavy atom. The van der Waals surface area contributed by atoms with Crippen molar-refractivity contribution in [3.63, 3.8) is 0 Å². The van der Waals surface area contributed by atoms with E-state index in [4.69, 9.17) is 23.2 Å². The first-order valence-electron chi connectivity index (χ1n) is 4.99. The van der Waals surface area contributed by atoms with Gasteiger partial charge in [0.1, 0.15) is 0 Å². The third-order valence-corrected chi connectivity index (χ3v) is 2.58. The lowest BCUT2D eigenvalue weighted by Gasteiger charge is -2.06. The lowest BCUT2D eigenvalue weighted by molar-refractivity contribution is 0.102. The van der Waals surface area contributed by atoms with E-state index in [0.717, 1.165) is 5.69 Å². The summed E-state index contributed by atoms with van der Waals surface area (Å²) in [6.07, 6.45) is 1.60. The fraction of sp³-hybridized carbons (Fsp3) is 0.0909. The average molecular weight is 283 g/mol. The Labute approximate surface area is 113 Å². The van der Waals surface area contributed by atoms with E-state index in [1.165, 1.54) is 6.07 Å². The van der Waals surface area contributed by atoms with Crippen LogP contribution in [0.1, 0.15) is 16.1 Å². The van der Waals surface area contributed by atoms with E-state index in [9.17, 15) is 4.79 Å². The zero-order chi connectivity index (χ0) is 13.1. The van der Waals surface area contributed by atoms with Gasteiger partial charge in [0, 0.05) is 17.6 Å². The average Bonchev–Trinajstić information content (AvgIpc) is 2.32. The van der Waals surface area contributed by atoms with Crippen LogP contribution in [0, 0.1) is 6.92 Å². The van der Waals surface area contributed by atoms with Crippen molar-refractivity contribution in [1.29, 1.82) is 0 Å². The Hall–Kier alpha value is -1.72. The Morgan fingerprint density at radius 3 is 2.78 bits per heavy atom. The first kappa shape index (κ1) is 12.7. The maximum atomic E-state index is 12.0. The number of amides is 1. The third kappa shape index (κ3) is 2.94. The van der Waals surface area contributed by atoms with Crippen LogP contribution in [0.5, 0.6) is 0 Å². The molecule has 0 aliphatic carbocycles. The Morgan fingerprint density at radius 1 is 1.28 bits per heavy atom. The predicted octanol–water partition coefficient (Wildman–Crippen LogP) is 2.74. The minimum atomic E-state index is -0.401. The summed E-state index contributed by atoms with van der Waals surface area (Å²) in [5.74, 6) is -0.401. The SMILES string of the molecule is Cc1cc(NC(=O)c2cc(Cl)nnc2Cl)ccn1. The number of anilines is 1. The van der Waals surface area contributed by atoms with E-state index >= 15 is 0 Å². The van der Waals surface area contributed by atoms with Crippen molar-refractivity contribution in [2.24, 2.45) is 0 Å². The molecule has 5 nitrogen and oxygen atoms in total. The molecule has 0 atom stereocenters. The van der Waals surface area contributed by atoms with Crippen LogP contribution in [-0.2, 0) is 0 Å². The van der Waals surface area contributed by atoms with Crippen molar-refractivity contribution < 1.29 is 4.79 Å². The monoisotopic (exact) mass is 282 g/mol. The first-order chi connectivity index (χ1) is 8.56. The highest BCUT2D eigenvalue weighted by Crippen LogP contribution is 2.17. The van der Waals surface area contributed by atoms with Crippen molar-refractivity contribution in [3.8, 4) is 0 Å². The second-order valence-electron chi connectivity index (χ2n) is 3.51. The van der Waals surface area contributed by atoms with E-state index < -0.39 is 5.91 Å². The van der Waals surface area contributed by atoms with Crippen LogP contribution in [0.15, 0.2) is 24.4 Å². The highest BCUT2D eigenvalue weighted by Gasteiger charge is 2.13. The fourth-order valence-electron chi connectivity index (χ4n) is 1.33. The number of carbonyl (C=O) groups excluding carboxylic acids is 1. The van der Waals surface area contributed by atoms with Crippen molar-refractivity contribution in [2.45, 2.75) is 6.92 Å². The Balaban J connectivity index is 2.24. The lowest BCUT2D eigenvalue weighted by Crippen LogP contribution is -2.13. The Kier molecular flexibility index (Phi) is 3.74. The summed E-state index contributed by atoms with van der Waals surface area (Å²) in [7, 11) is 0. The maximum absolute atomic E-state index is 12.0. The quantitative estimate of drug-likeness (QED) is 0.920. The van der Waals surface area contributed by atoms with Crippen LogP contribution >= 0.6 is 23.2 Å². The van der Waals surface area contributed by atoms with Crippen LogP contribution in [0.2, 0.25) is 10.3 Å². The van der Waals surface area contributed by atoms with Gasteiger partial charge in [0.25, 0.3) is 5.91 Å². The van der Waals surface area contributed by atoms with Gasteiger partial charge in [-0.1, -0.05) is 23.2 Å². The summed E-state index contributed by atoms with van der Waals surface area (Å²) >= 11 is 11.5. The lowest BCUT2D eigenvalue weighted by atomic mass is 10.2. The highest BCUT2D eigenvalue weighted by atomic mass is 35.5. The highest BCUT2D eigenvalue weighted by molar-refractivity contribution is 6.34. The van der Waals surface area contributed by atoms with Gasteiger partial charge in [0.2, 0.25) is 0 Å². The van der Waals surface area contributed by atoms with Crippen LogP contribution in [0.3, 0.4) is 0 Å². The minimum absolute atomic E-state index is 0.00248. The number of carbonyl (C=O) groups is 1. The van der Waals surface area contributed by atoms with E-state index in [0.29, 0.717) is 5.69 Å². The largest absolute Gasteiger partial charge is 0.322 e. The number of rotatable bonds is 2. The van der Waals surface area contributed by atoms with Crippen molar-refractivity contribution in [2.75, 3.05) is 5.32 Å².